The average Bonchev–Trinajstić information content (AvgIpc) is 2.51. The molecule has 2 N–H and O–H groups in total. The van der Waals surface area contributed by atoms with Crippen molar-refractivity contribution >= 4 is 16.5 Å². The molecule has 1 atom stereocenters. The van der Waals surface area contributed by atoms with E-state index in [1.165, 1.54) is 16.5 Å². The van der Waals surface area contributed by atoms with Crippen LogP contribution in [0.15, 0.2) is 42.5 Å². The summed E-state index contributed by atoms with van der Waals surface area (Å²) < 4.78 is 0. The zero-order chi connectivity index (χ0) is 14.4. The van der Waals surface area contributed by atoms with E-state index in [0.717, 1.165) is 19.6 Å². The largest absolute Gasteiger partial charge is 0.395 e. The van der Waals surface area contributed by atoms with Crippen molar-refractivity contribution in [3.63, 3.8) is 0 Å². The zero-order valence-corrected chi connectivity index (χ0v) is 12.3. The fraction of sp³-hybridized carbons (Fsp3) is 0.412. The fourth-order valence-corrected chi connectivity index (χ4v) is 2.62. The molecule has 0 fully saturated rings. The highest BCUT2D eigenvalue weighted by molar-refractivity contribution is 5.94. The van der Waals surface area contributed by atoms with E-state index in [1.54, 1.807) is 0 Å². The Morgan fingerprint density at radius 2 is 1.85 bits per heavy atom. The lowest BCUT2D eigenvalue weighted by atomic mass is 10.1. The molecule has 0 saturated heterocycles. The summed E-state index contributed by atoms with van der Waals surface area (Å²) in [4.78, 5) is 2.33. The van der Waals surface area contributed by atoms with Gasteiger partial charge in [-0.2, -0.15) is 0 Å². The minimum atomic E-state index is 0.110. The Kier molecular flexibility index (Phi) is 5.39. The zero-order valence-electron chi connectivity index (χ0n) is 12.3. The van der Waals surface area contributed by atoms with E-state index in [9.17, 15) is 5.11 Å². The summed E-state index contributed by atoms with van der Waals surface area (Å²) in [5, 5.41) is 15.3. The van der Waals surface area contributed by atoms with Gasteiger partial charge in [0.05, 0.1) is 6.61 Å². The van der Waals surface area contributed by atoms with Gasteiger partial charge in [-0.25, -0.2) is 0 Å². The highest BCUT2D eigenvalue weighted by Crippen LogP contribution is 2.26. The number of anilines is 1. The van der Waals surface area contributed by atoms with Crippen LogP contribution in [0.2, 0.25) is 0 Å². The number of nitrogens with one attached hydrogen (secondary N) is 1. The Labute approximate surface area is 121 Å². The van der Waals surface area contributed by atoms with Crippen molar-refractivity contribution in [2.45, 2.75) is 19.9 Å². The SMILES string of the molecule is CCNC(CO)CN(CC)c1cccc2ccccc12. The second kappa shape index (κ2) is 7.27. The minimum absolute atomic E-state index is 0.110. The van der Waals surface area contributed by atoms with Crippen LogP contribution in [0.1, 0.15) is 13.8 Å². The molecule has 0 spiro atoms. The smallest absolute Gasteiger partial charge is 0.0601 e. The van der Waals surface area contributed by atoms with Crippen LogP contribution in [0.5, 0.6) is 0 Å². The molecule has 0 amide bonds. The predicted molar refractivity (Wildman–Crippen MR) is 86.4 cm³/mol. The van der Waals surface area contributed by atoms with E-state index in [2.05, 4.69) is 66.5 Å². The molecule has 0 saturated carbocycles. The number of benzene rings is 2. The van der Waals surface area contributed by atoms with Crippen LogP contribution in [0.3, 0.4) is 0 Å². The third-order valence-electron chi connectivity index (χ3n) is 3.64. The molecule has 0 aliphatic rings. The number of nitrogens with zero attached hydrogens (tertiary/aromatic N) is 1. The van der Waals surface area contributed by atoms with Crippen molar-refractivity contribution in [1.82, 2.24) is 5.32 Å². The molecular formula is C17H24N2O. The van der Waals surface area contributed by atoms with Gasteiger partial charge in [0, 0.05) is 30.2 Å². The fourth-order valence-electron chi connectivity index (χ4n) is 2.62. The molecule has 3 nitrogen and oxygen atoms in total. The van der Waals surface area contributed by atoms with Crippen molar-refractivity contribution in [3.05, 3.63) is 42.5 Å². The lowest BCUT2D eigenvalue weighted by Gasteiger charge is -2.29. The number of aliphatic hydroxyl groups is 1. The first kappa shape index (κ1) is 14.8. The lowest BCUT2D eigenvalue weighted by molar-refractivity contribution is 0.245. The van der Waals surface area contributed by atoms with Crippen LogP contribution in [0.4, 0.5) is 5.69 Å². The molecule has 2 rings (SSSR count). The molecule has 0 aliphatic heterocycles. The van der Waals surface area contributed by atoms with E-state index >= 15 is 0 Å². The molecule has 0 heterocycles. The minimum Gasteiger partial charge on any atom is -0.395 e. The highest BCUT2D eigenvalue weighted by Gasteiger charge is 2.13. The summed E-state index contributed by atoms with van der Waals surface area (Å²) in [5.41, 5.74) is 1.24. The number of likely N-dealkylation sites (N-methyl/N-ethyl adjacent to an activating group) is 2. The summed E-state index contributed by atoms with van der Waals surface area (Å²) in [7, 11) is 0. The Balaban J connectivity index is 2.29. The summed E-state index contributed by atoms with van der Waals surface area (Å²) >= 11 is 0. The lowest BCUT2D eigenvalue weighted by Crippen LogP contribution is -2.43. The second-order valence-electron chi connectivity index (χ2n) is 4.97. The molecule has 0 aliphatic carbocycles. The molecule has 1 unspecified atom stereocenters. The summed E-state index contributed by atoms with van der Waals surface area (Å²) in [6, 6.07) is 15.0. The second-order valence-corrected chi connectivity index (χ2v) is 4.97. The molecule has 0 aromatic heterocycles. The van der Waals surface area contributed by atoms with Crippen molar-refractivity contribution in [3.8, 4) is 0 Å². The van der Waals surface area contributed by atoms with Gasteiger partial charge in [-0.15, -0.1) is 0 Å². The maximum Gasteiger partial charge on any atom is 0.0601 e. The molecule has 0 radical (unpaired) electrons. The van der Waals surface area contributed by atoms with Crippen molar-refractivity contribution in [1.29, 1.82) is 0 Å². The van der Waals surface area contributed by atoms with Crippen LogP contribution in [-0.2, 0) is 0 Å². The summed E-state index contributed by atoms with van der Waals surface area (Å²) in [6.45, 7) is 7.00. The molecule has 3 heteroatoms. The van der Waals surface area contributed by atoms with Gasteiger partial charge in [-0.3, -0.25) is 0 Å². The van der Waals surface area contributed by atoms with Crippen LogP contribution in [-0.4, -0.2) is 37.4 Å². The molecule has 2 aromatic rings. The molecular weight excluding hydrogens is 248 g/mol. The topological polar surface area (TPSA) is 35.5 Å². The Hall–Kier alpha value is -1.58. The average molecular weight is 272 g/mol. The number of aliphatic hydroxyl groups excluding tert-OH is 1. The van der Waals surface area contributed by atoms with E-state index in [0.29, 0.717) is 0 Å². The van der Waals surface area contributed by atoms with Gasteiger partial charge < -0.3 is 15.3 Å². The van der Waals surface area contributed by atoms with Crippen LogP contribution >= 0.6 is 0 Å². The maximum atomic E-state index is 9.47. The summed E-state index contributed by atoms with van der Waals surface area (Å²) in [5.74, 6) is 0. The first-order chi connectivity index (χ1) is 9.80. The molecule has 20 heavy (non-hydrogen) atoms. The monoisotopic (exact) mass is 272 g/mol. The van der Waals surface area contributed by atoms with Gasteiger partial charge in [0.2, 0.25) is 0 Å². The first-order valence-electron chi connectivity index (χ1n) is 7.37. The van der Waals surface area contributed by atoms with Crippen molar-refractivity contribution in [2.75, 3.05) is 31.1 Å². The normalized spacial score (nSPS) is 12.6. The predicted octanol–water partition coefficient (Wildman–Crippen LogP) is 2.64. The summed E-state index contributed by atoms with van der Waals surface area (Å²) in [6.07, 6.45) is 0. The highest BCUT2D eigenvalue weighted by atomic mass is 16.3. The standard InChI is InChI=1S/C17H24N2O/c1-3-18-15(13-20)12-19(4-2)17-11-7-9-14-8-5-6-10-16(14)17/h5-11,15,18,20H,3-4,12-13H2,1-2H3. The van der Waals surface area contributed by atoms with E-state index < -0.39 is 0 Å². The van der Waals surface area contributed by atoms with Crippen LogP contribution < -0.4 is 10.2 Å². The number of hydrogen-bond acceptors (Lipinski definition) is 3. The van der Waals surface area contributed by atoms with Gasteiger partial charge in [0.15, 0.2) is 0 Å². The van der Waals surface area contributed by atoms with Gasteiger partial charge in [0.25, 0.3) is 0 Å². The Bertz CT molecular complexity index is 536. The van der Waals surface area contributed by atoms with Gasteiger partial charge in [0.1, 0.15) is 0 Å². The molecule has 2 aromatic carbocycles. The quantitative estimate of drug-likeness (QED) is 0.813. The van der Waals surface area contributed by atoms with Gasteiger partial charge in [-0.05, 0) is 24.9 Å². The van der Waals surface area contributed by atoms with Gasteiger partial charge >= 0.3 is 0 Å². The van der Waals surface area contributed by atoms with Crippen LogP contribution in [0.25, 0.3) is 10.8 Å². The Morgan fingerprint density at radius 3 is 2.55 bits per heavy atom. The molecule has 108 valence electrons. The number of rotatable bonds is 7. The third-order valence-corrected chi connectivity index (χ3v) is 3.64. The first-order valence-corrected chi connectivity index (χ1v) is 7.37. The van der Waals surface area contributed by atoms with Crippen LogP contribution in [0, 0.1) is 0 Å². The maximum absolute atomic E-state index is 9.47. The van der Waals surface area contributed by atoms with Crippen molar-refractivity contribution < 1.29 is 5.11 Å². The third kappa shape index (κ3) is 3.30. The molecule has 0 bridgehead atoms. The number of fused-ring (bicyclic) bond motifs is 1. The van der Waals surface area contributed by atoms with E-state index in [1.807, 2.05) is 0 Å². The Morgan fingerprint density at radius 1 is 1.10 bits per heavy atom. The van der Waals surface area contributed by atoms with Gasteiger partial charge in [-0.1, -0.05) is 43.3 Å². The van der Waals surface area contributed by atoms with E-state index in [4.69, 9.17) is 0 Å². The van der Waals surface area contributed by atoms with Crippen molar-refractivity contribution in [2.24, 2.45) is 0 Å². The number of hydrogen-bond donors (Lipinski definition) is 2. The van der Waals surface area contributed by atoms with E-state index in [-0.39, 0.29) is 12.6 Å².